The maximum absolute atomic E-state index is 3.44. The summed E-state index contributed by atoms with van der Waals surface area (Å²) in [6, 6.07) is 0.602. The predicted molar refractivity (Wildman–Crippen MR) is 49.6 cm³/mol. The SMILES string of the molecule is CCCCC1C=CC=CCN1. The molecular weight excluding hydrogens is 134 g/mol. The smallest absolute Gasteiger partial charge is 0.0255 e. The molecule has 11 heavy (non-hydrogen) atoms. The quantitative estimate of drug-likeness (QED) is 0.652. The molecule has 0 bridgehead atoms. The van der Waals surface area contributed by atoms with E-state index < -0.39 is 0 Å². The van der Waals surface area contributed by atoms with E-state index in [1.54, 1.807) is 0 Å². The van der Waals surface area contributed by atoms with E-state index in [9.17, 15) is 0 Å². The van der Waals surface area contributed by atoms with Gasteiger partial charge in [0.15, 0.2) is 0 Å². The minimum Gasteiger partial charge on any atom is -0.307 e. The van der Waals surface area contributed by atoms with Crippen molar-refractivity contribution in [3.8, 4) is 0 Å². The van der Waals surface area contributed by atoms with Crippen LogP contribution in [0.3, 0.4) is 0 Å². The third kappa shape index (κ3) is 3.38. The summed E-state index contributed by atoms with van der Waals surface area (Å²) in [6.07, 6.45) is 12.5. The van der Waals surface area contributed by atoms with Gasteiger partial charge >= 0.3 is 0 Å². The number of allylic oxidation sites excluding steroid dienone is 2. The maximum atomic E-state index is 3.44. The summed E-state index contributed by atoms with van der Waals surface area (Å²) in [6.45, 7) is 3.25. The molecule has 62 valence electrons. The molecule has 1 aliphatic rings. The highest BCUT2D eigenvalue weighted by Crippen LogP contribution is 2.03. The van der Waals surface area contributed by atoms with Gasteiger partial charge in [-0.05, 0) is 6.42 Å². The average Bonchev–Trinajstić information content (AvgIpc) is 2.28. The summed E-state index contributed by atoms with van der Waals surface area (Å²) in [5, 5.41) is 3.44. The lowest BCUT2D eigenvalue weighted by atomic mass is 10.1. The Hall–Kier alpha value is -0.560. The van der Waals surface area contributed by atoms with Gasteiger partial charge in [-0.2, -0.15) is 0 Å². The highest BCUT2D eigenvalue weighted by Gasteiger charge is 2.01. The molecule has 1 N–H and O–H groups in total. The third-order valence-corrected chi connectivity index (χ3v) is 1.96. The molecule has 0 saturated heterocycles. The molecule has 0 radical (unpaired) electrons. The zero-order valence-electron chi connectivity index (χ0n) is 7.22. The standard InChI is InChI=1S/C10H17N/c1-2-3-7-10-8-5-4-6-9-11-10/h4-6,8,10-11H,2-3,7,9H2,1H3. The molecule has 0 aromatic heterocycles. The van der Waals surface area contributed by atoms with Crippen molar-refractivity contribution in [1.29, 1.82) is 0 Å². The summed E-state index contributed by atoms with van der Waals surface area (Å²) in [5.41, 5.74) is 0. The number of hydrogen-bond donors (Lipinski definition) is 1. The highest BCUT2D eigenvalue weighted by atomic mass is 14.9. The number of hydrogen-bond acceptors (Lipinski definition) is 1. The molecule has 1 aliphatic heterocycles. The van der Waals surface area contributed by atoms with Gasteiger partial charge in [0.2, 0.25) is 0 Å². The first kappa shape index (κ1) is 8.54. The van der Waals surface area contributed by atoms with Crippen LogP contribution in [0.5, 0.6) is 0 Å². The first-order valence-electron chi connectivity index (χ1n) is 4.50. The van der Waals surface area contributed by atoms with Gasteiger partial charge in [-0.15, -0.1) is 0 Å². The van der Waals surface area contributed by atoms with Crippen LogP contribution in [0.1, 0.15) is 26.2 Å². The van der Waals surface area contributed by atoms with E-state index in [0.29, 0.717) is 6.04 Å². The van der Waals surface area contributed by atoms with E-state index in [4.69, 9.17) is 0 Å². The third-order valence-electron chi connectivity index (χ3n) is 1.96. The van der Waals surface area contributed by atoms with Crippen molar-refractivity contribution in [2.75, 3.05) is 6.54 Å². The van der Waals surface area contributed by atoms with Gasteiger partial charge < -0.3 is 5.32 Å². The Morgan fingerprint density at radius 1 is 1.45 bits per heavy atom. The van der Waals surface area contributed by atoms with Crippen LogP contribution in [-0.4, -0.2) is 12.6 Å². The molecule has 0 aromatic carbocycles. The van der Waals surface area contributed by atoms with Crippen molar-refractivity contribution in [2.24, 2.45) is 0 Å². The number of nitrogens with one attached hydrogen (secondary N) is 1. The van der Waals surface area contributed by atoms with E-state index >= 15 is 0 Å². The molecule has 1 atom stereocenters. The second kappa shape index (κ2) is 5.14. The summed E-state index contributed by atoms with van der Waals surface area (Å²) in [4.78, 5) is 0. The van der Waals surface area contributed by atoms with Crippen LogP contribution in [0.15, 0.2) is 24.3 Å². The van der Waals surface area contributed by atoms with Crippen LogP contribution in [0.4, 0.5) is 0 Å². The fourth-order valence-electron chi connectivity index (χ4n) is 1.25. The first-order chi connectivity index (χ1) is 5.43. The van der Waals surface area contributed by atoms with Crippen molar-refractivity contribution in [3.63, 3.8) is 0 Å². The van der Waals surface area contributed by atoms with Crippen molar-refractivity contribution >= 4 is 0 Å². The largest absolute Gasteiger partial charge is 0.307 e. The Morgan fingerprint density at radius 3 is 3.18 bits per heavy atom. The van der Waals surface area contributed by atoms with Crippen molar-refractivity contribution < 1.29 is 0 Å². The van der Waals surface area contributed by atoms with Gasteiger partial charge in [-0.25, -0.2) is 0 Å². The van der Waals surface area contributed by atoms with E-state index in [2.05, 4.69) is 36.5 Å². The second-order valence-corrected chi connectivity index (χ2v) is 2.97. The molecule has 0 aromatic rings. The fraction of sp³-hybridized carbons (Fsp3) is 0.600. The Kier molecular flexibility index (Phi) is 3.99. The summed E-state index contributed by atoms with van der Waals surface area (Å²) >= 11 is 0. The normalized spacial score (nSPS) is 23.5. The molecule has 0 amide bonds. The predicted octanol–water partition coefficient (Wildman–Crippen LogP) is 2.26. The molecular formula is C10H17N. The van der Waals surface area contributed by atoms with E-state index in [-0.39, 0.29) is 0 Å². The fourth-order valence-corrected chi connectivity index (χ4v) is 1.25. The Labute approximate surface area is 69.2 Å². The van der Waals surface area contributed by atoms with Gasteiger partial charge in [-0.3, -0.25) is 0 Å². The maximum Gasteiger partial charge on any atom is 0.0255 e. The Bertz CT molecular complexity index is 147. The lowest BCUT2D eigenvalue weighted by Gasteiger charge is -2.11. The van der Waals surface area contributed by atoms with Gasteiger partial charge in [0.1, 0.15) is 0 Å². The molecule has 1 nitrogen and oxygen atoms in total. The van der Waals surface area contributed by atoms with Crippen LogP contribution in [0.2, 0.25) is 0 Å². The van der Waals surface area contributed by atoms with E-state index in [1.165, 1.54) is 19.3 Å². The molecule has 1 rings (SSSR count). The van der Waals surface area contributed by atoms with Gasteiger partial charge in [0.25, 0.3) is 0 Å². The Morgan fingerprint density at radius 2 is 2.36 bits per heavy atom. The summed E-state index contributed by atoms with van der Waals surface area (Å²) < 4.78 is 0. The molecule has 1 heterocycles. The lowest BCUT2D eigenvalue weighted by molar-refractivity contribution is 0.561. The average molecular weight is 151 g/mol. The molecule has 0 aliphatic carbocycles. The minimum atomic E-state index is 0.602. The van der Waals surface area contributed by atoms with Gasteiger partial charge in [0.05, 0.1) is 0 Å². The summed E-state index contributed by atoms with van der Waals surface area (Å²) in [7, 11) is 0. The van der Waals surface area contributed by atoms with E-state index in [1.807, 2.05) is 0 Å². The van der Waals surface area contributed by atoms with Gasteiger partial charge in [0, 0.05) is 12.6 Å². The number of unbranched alkanes of at least 4 members (excludes halogenated alkanes) is 1. The molecule has 0 saturated carbocycles. The highest BCUT2D eigenvalue weighted by molar-refractivity contribution is 5.10. The summed E-state index contributed by atoms with van der Waals surface area (Å²) in [5.74, 6) is 0. The van der Waals surface area contributed by atoms with Crippen molar-refractivity contribution in [2.45, 2.75) is 32.2 Å². The topological polar surface area (TPSA) is 12.0 Å². The minimum absolute atomic E-state index is 0.602. The van der Waals surface area contributed by atoms with Crippen LogP contribution in [-0.2, 0) is 0 Å². The van der Waals surface area contributed by atoms with Crippen molar-refractivity contribution in [1.82, 2.24) is 5.32 Å². The van der Waals surface area contributed by atoms with Gasteiger partial charge in [-0.1, -0.05) is 44.1 Å². The first-order valence-corrected chi connectivity index (χ1v) is 4.50. The molecule has 0 spiro atoms. The Balaban J connectivity index is 2.23. The van der Waals surface area contributed by atoms with Crippen LogP contribution in [0.25, 0.3) is 0 Å². The second-order valence-electron chi connectivity index (χ2n) is 2.97. The van der Waals surface area contributed by atoms with Crippen LogP contribution >= 0.6 is 0 Å². The lowest BCUT2D eigenvalue weighted by Crippen LogP contribution is -2.26. The molecule has 1 unspecified atom stereocenters. The number of rotatable bonds is 3. The van der Waals surface area contributed by atoms with Crippen molar-refractivity contribution in [3.05, 3.63) is 24.3 Å². The monoisotopic (exact) mass is 151 g/mol. The zero-order chi connectivity index (χ0) is 7.94. The van der Waals surface area contributed by atoms with Crippen LogP contribution < -0.4 is 5.32 Å². The zero-order valence-corrected chi connectivity index (χ0v) is 7.22. The van der Waals surface area contributed by atoms with Crippen LogP contribution in [0, 0.1) is 0 Å². The van der Waals surface area contributed by atoms with E-state index in [0.717, 1.165) is 6.54 Å². The molecule has 1 heteroatoms. The molecule has 0 fully saturated rings.